The Kier molecular flexibility index (Phi) is 7.15. The van der Waals surface area contributed by atoms with Crippen LogP contribution in [0.2, 0.25) is 0 Å². The molecule has 0 bridgehead atoms. The van der Waals surface area contributed by atoms with E-state index in [1.165, 1.54) is 25.0 Å². The van der Waals surface area contributed by atoms with Crippen molar-refractivity contribution in [1.82, 2.24) is 10.2 Å². The summed E-state index contributed by atoms with van der Waals surface area (Å²) in [5.41, 5.74) is 2.33. The molecular formula is C24H24F3N5O2. The molecule has 0 aliphatic carbocycles. The van der Waals surface area contributed by atoms with Crippen molar-refractivity contribution in [3.05, 3.63) is 60.7 Å². The third kappa shape index (κ3) is 6.60. The number of ether oxygens (including phenoxy) is 1. The second-order valence-corrected chi connectivity index (χ2v) is 7.91. The molecule has 2 amide bonds. The molecule has 0 saturated carbocycles. The van der Waals surface area contributed by atoms with Crippen molar-refractivity contribution < 1.29 is 22.7 Å². The van der Waals surface area contributed by atoms with E-state index in [9.17, 15) is 18.0 Å². The largest absolute Gasteiger partial charge is 0.573 e. The highest BCUT2D eigenvalue weighted by molar-refractivity contribution is 6.00. The van der Waals surface area contributed by atoms with Gasteiger partial charge in [0.15, 0.2) is 5.82 Å². The Hall–Kier alpha value is -3.82. The number of hydrogen-bond acceptors (Lipinski definition) is 5. The SMILES string of the molecule is O=C(Nc1ccc(OC(F)(F)F)cc1)Nc1cccc(-c2ccc(N3CCCCCC3)nn2)c1. The molecular weight excluding hydrogens is 447 g/mol. The lowest BCUT2D eigenvalue weighted by Crippen LogP contribution is -2.25. The first-order chi connectivity index (χ1) is 16.4. The smallest absolute Gasteiger partial charge is 0.406 e. The highest BCUT2D eigenvalue weighted by atomic mass is 19.4. The van der Waals surface area contributed by atoms with Crippen molar-refractivity contribution in [3.63, 3.8) is 0 Å². The minimum atomic E-state index is -4.77. The van der Waals surface area contributed by atoms with E-state index < -0.39 is 12.4 Å². The molecule has 4 rings (SSSR count). The van der Waals surface area contributed by atoms with Gasteiger partial charge in [0.25, 0.3) is 0 Å². The van der Waals surface area contributed by atoms with Crippen molar-refractivity contribution in [2.24, 2.45) is 0 Å². The highest BCUT2D eigenvalue weighted by Crippen LogP contribution is 2.25. The molecule has 1 fully saturated rings. The molecule has 34 heavy (non-hydrogen) atoms. The summed E-state index contributed by atoms with van der Waals surface area (Å²) in [6, 6.07) is 15.4. The first kappa shape index (κ1) is 23.3. The first-order valence-corrected chi connectivity index (χ1v) is 11.0. The average molecular weight is 471 g/mol. The lowest BCUT2D eigenvalue weighted by Gasteiger charge is -2.20. The number of hydrogen-bond donors (Lipinski definition) is 2. The van der Waals surface area contributed by atoms with E-state index in [1.807, 2.05) is 18.2 Å². The maximum Gasteiger partial charge on any atom is 0.573 e. The summed E-state index contributed by atoms with van der Waals surface area (Å²) in [5.74, 6) is 0.500. The van der Waals surface area contributed by atoms with Crippen LogP contribution in [0.1, 0.15) is 25.7 Å². The van der Waals surface area contributed by atoms with E-state index in [4.69, 9.17) is 0 Å². The number of nitrogens with zero attached hydrogens (tertiary/aromatic N) is 3. The monoisotopic (exact) mass is 471 g/mol. The second-order valence-electron chi connectivity index (χ2n) is 7.91. The van der Waals surface area contributed by atoms with E-state index in [1.54, 1.807) is 18.2 Å². The van der Waals surface area contributed by atoms with Gasteiger partial charge in [0.1, 0.15) is 5.75 Å². The number of carbonyl (C=O) groups excluding carboxylic acids is 1. The molecule has 10 heteroatoms. The number of anilines is 3. The second kappa shape index (κ2) is 10.4. The van der Waals surface area contributed by atoms with Crippen LogP contribution in [0.4, 0.5) is 35.2 Å². The number of carbonyl (C=O) groups is 1. The van der Waals surface area contributed by atoms with Gasteiger partial charge in [0.2, 0.25) is 0 Å². The number of aromatic nitrogens is 2. The van der Waals surface area contributed by atoms with E-state index in [2.05, 4.69) is 30.5 Å². The maximum atomic E-state index is 12.3. The fourth-order valence-corrected chi connectivity index (χ4v) is 3.74. The number of urea groups is 1. The Morgan fingerprint density at radius 2 is 1.56 bits per heavy atom. The summed E-state index contributed by atoms with van der Waals surface area (Å²) >= 11 is 0. The topological polar surface area (TPSA) is 79.4 Å². The lowest BCUT2D eigenvalue weighted by molar-refractivity contribution is -0.274. The van der Waals surface area contributed by atoms with Crippen molar-refractivity contribution in [2.45, 2.75) is 32.0 Å². The Morgan fingerprint density at radius 3 is 2.21 bits per heavy atom. The molecule has 3 aromatic rings. The summed E-state index contributed by atoms with van der Waals surface area (Å²) < 4.78 is 40.6. The van der Waals surface area contributed by atoms with Gasteiger partial charge >= 0.3 is 12.4 Å². The van der Waals surface area contributed by atoms with Crippen molar-refractivity contribution in [1.29, 1.82) is 0 Å². The van der Waals surface area contributed by atoms with E-state index in [0.717, 1.165) is 49.4 Å². The minimum Gasteiger partial charge on any atom is -0.406 e. The molecule has 2 aromatic carbocycles. The molecule has 178 valence electrons. The molecule has 1 saturated heterocycles. The van der Waals surface area contributed by atoms with Crippen LogP contribution < -0.4 is 20.3 Å². The zero-order chi connectivity index (χ0) is 24.0. The predicted octanol–water partition coefficient (Wildman–Crippen LogP) is 6.07. The van der Waals surface area contributed by atoms with Gasteiger partial charge in [-0.2, -0.15) is 0 Å². The molecule has 0 unspecified atom stereocenters. The van der Waals surface area contributed by atoms with Crippen LogP contribution in [-0.2, 0) is 0 Å². The number of benzene rings is 2. The van der Waals surface area contributed by atoms with E-state index >= 15 is 0 Å². The van der Waals surface area contributed by atoms with Crippen molar-refractivity contribution in [2.75, 3.05) is 28.6 Å². The fraction of sp³-hybridized carbons (Fsp3) is 0.292. The van der Waals surface area contributed by atoms with Crippen LogP contribution in [0.5, 0.6) is 5.75 Å². The van der Waals surface area contributed by atoms with Crippen LogP contribution in [-0.4, -0.2) is 35.7 Å². The predicted molar refractivity (Wildman–Crippen MR) is 124 cm³/mol. The molecule has 1 aromatic heterocycles. The molecule has 0 spiro atoms. The van der Waals surface area contributed by atoms with Gasteiger partial charge in [-0.25, -0.2) is 4.79 Å². The van der Waals surface area contributed by atoms with E-state index in [0.29, 0.717) is 17.1 Å². The van der Waals surface area contributed by atoms with Crippen molar-refractivity contribution in [3.8, 4) is 17.0 Å². The highest BCUT2D eigenvalue weighted by Gasteiger charge is 2.31. The summed E-state index contributed by atoms with van der Waals surface area (Å²) in [4.78, 5) is 14.6. The van der Waals surface area contributed by atoms with Gasteiger partial charge in [-0.15, -0.1) is 23.4 Å². The molecule has 2 N–H and O–H groups in total. The lowest BCUT2D eigenvalue weighted by atomic mass is 10.1. The minimum absolute atomic E-state index is 0.318. The van der Waals surface area contributed by atoms with Gasteiger partial charge in [-0.3, -0.25) is 0 Å². The summed E-state index contributed by atoms with van der Waals surface area (Å²) in [6.07, 6.45) is 0.0324. The van der Waals surface area contributed by atoms with Crippen molar-refractivity contribution >= 4 is 23.2 Å². The average Bonchev–Trinajstić information content (AvgIpc) is 3.09. The first-order valence-electron chi connectivity index (χ1n) is 11.0. The summed E-state index contributed by atoms with van der Waals surface area (Å²) in [5, 5.41) is 14.0. The van der Waals surface area contributed by atoms with E-state index in [-0.39, 0.29) is 5.75 Å². The fourth-order valence-electron chi connectivity index (χ4n) is 3.74. The Balaban J connectivity index is 1.37. The Labute approximate surface area is 194 Å². The van der Waals surface area contributed by atoms with Gasteiger partial charge in [-0.1, -0.05) is 25.0 Å². The number of amides is 2. The standard InChI is InChI=1S/C24H24F3N5O2/c25-24(26,27)34-20-10-8-18(9-11-20)28-23(33)29-19-7-5-6-17(16-19)21-12-13-22(31-30-21)32-14-3-1-2-4-15-32/h5-13,16H,1-4,14-15H2,(H2,28,29,33). The third-order valence-electron chi connectivity index (χ3n) is 5.34. The normalized spacial score (nSPS) is 14.3. The van der Waals surface area contributed by atoms with Crippen LogP contribution in [0, 0.1) is 0 Å². The van der Waals surface area contributed by atoms with Gasteiger partial charge in [0.05, 0.1) is 5.69 Å². The zero-order valence-corrected chi connectivity index (χ0v) is 18.3. The summed E-state index contributed by atoms with van der Waals surface area (Å²) in [7, 11) is 0. The Bertz CT molecular complexity index is 1100. The van der Waals surface area contributed by atoms with Gasteiger partial charge in [-0.05, 0) is 61.4 Å². The van der Waals surface area contributed by atoms with Gasteiger partial charge < -0.3 is 20.3 Å². The number of alkyl halides is 3. The molecule has 0 radical (unpaired) electrons. The van der Waals surface area contributed by atoms with Gasteiger partial charge in [0, 0.05) is 30.0 Å². The molecule has 1 aliphatic heterocycles. The third-order valence-corrected chi connectivity index (χ3v) is 5.34. The van der Waals surface area contributed by atoms with Crippen LogP contribution in [0.15, 0.2) is 60.7 Å². The number of nitrogens with one attached hydrogen (secondary N) is 2. The quantitative estimate of drug-likeness (QED) is 0.472. The maximum absolute atomic E-state index is 12.3. The molecule has 2 heterocycles. The van der Waals surface area contributed by atoms with Crippen LogP contribution >= 0.6 is 0 Å². The zero-order valence-electron chi connectivity index (χ0n) is 18.3. The van der Waals surface area contributed by atoms with Crippen LogP contribution in [0.25, 0.3) is 11.3 Å². The number of halogens is 3. The molecule has 0 atom stereocenters. The molecule has 7 nitrogen and oxygen atoms in total. The molecule has 1 aliphatic rings. The summed E-state index contributed by atoms with van der Waals surface area (Å²) in [6.45, 7) is 1.97. The Morgan fingerprint density at radius 1 is 0.853 bits per heavy atom. The number of rotatable bonds is 5. The van der Waals surface area contributed by atoms with Crippen LogP contribution in [0.3, 0.4) is 0 Å².